The number of pyridine rings is 1. The molecule has 0 bridgehead atoms. The number of hydrogen-bond acceptors (Lipinski definition) is 3. The second kappa shape index (κ2) is 4.84. The van der Waals surface area contributed by atoms with Crippen molar-refractivity contribution in [3.05, 3.63) is 58.4 Å². The van der Waals surface area contributed by atoms with Crippen LogP contribution in [0.3, 0.4) is 0 Å². The van der Waals surface area contributed by atoms with E-state index in [1.54, 1.807) is 18.3 Å². The third-order valence-electron chi connectivity index (χ3n) is 3.44. The van der Waals surface area contributed by atoms with E-state index in [0.717, 1.165) is 16.8 Å². The standard InChI is InChI=1S/C14H13ClN2O2S/c1-10-4-5-12(7-13(10)15)20(18,19)17-8-11-3-2-6-16-14(11)9-17/h2-7H,8-9H2,1H3. The molecule has 0 unspecified atom stereocenters. The minimum Gasteiger partial charge on any atom is -0.260 e. The predicted molar refractivity (Wildman–Crippen MR) is 76.9 cm³/mol. The first-order chi connectivity index (χ1) is 9.48. The molecule has 4 nitrogen and oxygen atoms in total. The third kappa shape index (κ3) is 2.22. The quantitative estimate of drug-likeness (QED) is 0.857. The molecule has 6 heteroatoms. The van der Waals surface area contributed by atoms with E-state index in [-0.39, 0.29) is 4.90 Å². The van der Waals surface area contributed by atoms with Crippen LogP contribution in [0.1, 0.15) is 16.8 Å². The summed E-state index contributed by atoms with van der Waals surface area (Å²) in [6, 6.07) is 8.53. The average molecular weight is 309 g/mol. The maximum absolute atomic E-state index is 12.6. The average Bonchev–Trinajstić information content (AvgIpc) is 2.86. The van der Waals surface area contributed by atoms with Gasteiger partial charge in [0.2, 0.25) is 10.0 Å². The van der Waals surface area contributed by atoms with Gasteiger partial charge in [-0.25, -0.2) is 8.42 Å². The molecule has 0 saturated carbocycles. The summed E-state index contributed by atoms with van der Waals surface area (Å²) in [5.74, 6) is 0. The highest BCUT2D eigenvalue weighted by Gasteiger charge is 2.31. The minimum absolute atomic E-state index is 0.223. The maximum atomic E-state index is 12.6. The molecule has 0 amide bonds. The number of rotatable bonds is 2. The predicted octanol–water partition coefficient (Wildman–Crippen LogP) is 2.75. The van der Waals surface area contributed by atoms with E-state index in [1.807, 2.05) is 19.1 Å². The van der Waals surface area contributed by atoms with E-state index in [9.17, 15) is 8.42 Å². The second-order valence-corrected chi connectivity index (χ2v) is 7.14. The summed E-state index contributed by atoms with van der Waals surface area (Å²) in [6.45, 7) is 2.51. The lowest BCUT2D eigenvalue weighted by Gasteiger charge is -2.15. The topological polar surface area (TPSA) is 50.3 Å². The first kappa shape index (κ1) is 13.5. The summed E-state index contributed by atoms with van der Waals surface area (Å²) in [6.07, 6.45) is 1.68. The molecular weight excluding hydrogens is 296 g/mol. The SMILES string of the molecule is Cc1ccc(S(=O)(=O)N2Cc3cccnc3C2)cc1Cl. The van der Waals surface area contributed by atoms with Crippen molar-refractivity contribution in [3.63, 3.8) is 0 Å². The fourth-order valence-corrected chi connectivity index (χ4v) is 3.88. The first-order valence-electron chi connectivity index (χ1n) is 6.17. The summed E-state index contributed by atoms with van der Waals surface area (Å²) >= 11 is 6.02. The van der Waals surface area contributed by atoms with Gasteiger partial charge in [-0.3, -0.25) is 4.98 Å². The molecule has 20 heavy (non-hydrogen) atoms. The Morgan fingerprint density at radius 1 is 1.25 bits per heavy atom. The summed E-state index contributed by atoms with van der Waals surface area (Å²) in [5, 5.41) is 0.459. The lowest BCUT2D eigenvalue weighted by molar-refractivity contribution is 0.430. The van der Waals surface area contributed by atoms with Crippen LogP contribution in [0.15, 0.2) is 41.4 Å². The molecule has 3 rings (SSSR count). The summed E-state index contributed by atoms with van der Waals surface area (Å²) in [7, 11) is -3.54. The zero-order valence-corrected chi connectivity index (χ0v) is 12.4. The van der Waals surface area contributed by atoms with Gasteiger partial charge in [0, 0.05) is 17.8 Å². The van der Waals surface area contributed by atoms with Gasteiger partial charge in [-0.05, 0) is 36.2 Å². The zero-order chi connectivity index (χ0) is 14.3. The summed E-state index contributed by atoms with van der Waals surface area (Å²) < 4.78 is 26.6. The zero-order valence-electron chi connectivity index (χ0n) is 10.9. The van der Waals surface area contributed by atoms with Crippen molar-refractivity contribution in [1.82, 2.24) is 9.29 Å². The number of fused-ring (bicyclic) bond motifs is 1. The van der Waals surface area contributed by atoms with Crippen LogP contribution in [0.25, 0.3) is 0 Å². The molecule has 0 aliphatic carbocycles. The molecule has 0 atom stereocenters. The van der Waals surface area contributed by atoms with E-state index in [4.69, 9.17) is 11.6 Å². The lowest BCUT2D eigenvalue weighted by atomic mass is 10.2. The first-order valence-corrected chi connectivity index (χ1v) is 7.99. The van der Waals surface area contributed by atoms with Crippen LogP contribution in [-0.4, -0.2) is 17.7 Å². The maximum Gasteiger partial charge on any atom is 0.243 e. The van der Waals surface area contributed by atoms with Crippen molar-refractivity contribution >= 4 is 21.6 Å². The number of sulfonamides is 1. The number of hydrogen-bond donors (Lipinski definition) is 0. The van der Waals surface area contributed by atoms with Gasteiger partial charge in [0.15, 0.2) is 0 Å². The molecular formula is C14H13ClN2O2S. The van der Waals surface area contributed by atoms with Gasteiger partial charge in [0.25, 0.3) is 0 Å². The second-order valence-electron chi connectivity index (χ2n) is 4.79. The van der Waals surface area contributed by atoms with Gasteiger partial charge in [-0.2, -0.15) is 4.31 Å². The number of nitrogens with zero attached hydrogens (tertiary/aromatic N) is 2. The van der Waals surface area contributed by atoms with Gasteiger partial charge in [-0.15, -0.1) is 0 Å². The van der Waals surface area contributed by atoms with Gasteiger partial charge in [-0.1, -0.05) is 23.7 Å². The molecule has 0 fully saturated rings. The van der Waals surface area contributed by atoms with E-state index in [2.05, 4.69) is 4.98 Å². The fraction of sp³-hybridized carbons (Fsp3) is 0.214. The number of benzene rings is 1. The van der Waals surface area contributed by atoms with Crippen LogP contribution >= 0.6 is 11.6 Å². The number of aryl methyl sites for hydroxylation is 1. The molecule has 104 valence electrons. The molecule has 1 aromatic carbocycles. The van der Waals surface area contributed by atoms with E-state index in [1.165, 1.54) is 10.4 Å². The van der Waals surface area contributed by atoms with Crippen LogP contribution in [0.4, 0.5) is 0 Å². The Kier molecular flexibility index (Phi) is 3.28. The van der Waals surface area contributed by atoms with Gasteiger partial charge in [0.05, 0.1) is 17.1 Å². The number of aromatic nitrogens is 1. The van der Waals surface area contributed by atoms with Crippen molar-refractivity contribution in [2.45, 2.75) is 24.9 Å². The highest BCUT2D eigenvalue weighted by Crippen LogP contribution is 2.29. The van der Waals surface area contributed by atoms with Crippen LogP contribution in [0, 0.1) is 6.92 Å². The largest absolute Gasteiger partial charge is 0.260 e. The van der Waals surface area contributed by atoms with Crippen molar-refractivity contribution in [1.29, 1.82) is 0 Å². The molecule has 0 spiro atoms. The Balaban J connectivity index is 1.96. The van der Waals surface area contributed by atoms with Gasteiger partial charge in [0.1, 0.15) is 0 Å². The van der Waals surface area contributed by atoms with Crippen molar-refractivity contribution in [3.8, 4) is 0 Å². The molecule has 1 aliphatic heterocycles. The lowest BCUT2D eigenvalue weighted by Crippen LogP contribution is -2.25. The highest BCUT2D eigenvalue weighted by molar-refractivity contribution is 7.89. The van der Waals surface area contributed by atoms with Crippen LogP contribution in [-0.2, 0) is 23.1 Å². The number of halogens is 1. The Morgan fingerprint density at radius 3 is 2.75 bits per heavy atom. The van der Waals surface area contributed by atoms with Crippen molar-refractivity contribution in [2.24, 2.45) is 0 Å². The molecule has 2 heterocycles. The monoisotopic (exact) mass is 308 g/mol. The molecule has 1 aromatic heterocycles. The van der Waals surface area contributed by atoms with Crippen molar-refractivity contribution < 1.29 is 8.42 Å². The molecule has 1 aliphatic rings. The Hall–Kier alpha value is -1.43. The fourth-order valence-electron chi connectivity index (χ4n) is 2.22. The Bertz CT molecular complexity index is 749. The van der Waals surface area contributed by atoms with E-state index >= 15 is 0 Å². The minimum atomic E-state index is -3.54. The van der Waals surface area contributed by atoms with Crippen molar-refractivity contribution in [2.75, 3.05) is 0 Å². The summed E-state index contributed by atoms with van der Waals surface area (Å²) in [4.78, 5) is 4.44. The van der Waals surface area contributed by atoms with Gasteiger partial charge >= 0.3 is 0 Å². The molecule has 0 radical (unpaired) electrons. The van der Waals surface area contributed by atoms with Gasteiger partial charge < -0.3 is 0 Å². The molecule has 2 aromatic rings. The smallest absolute Gasteiger partial charge is 0.243 e. The van der Waals surface area contributed by atoms with Crippen LogP contribution in [0.5, 0.6) is 0 Å². The Labute approximate surface area is 123 Å². The molecule has 0 saturated heterocycles. The van der Waals surface area contributed by atoms with E-state index < -0.39 is 10.0 Å². The normalized spacial score (nSPS) is 15.3. The van der Waals surface area contributed by atoms with E-state index in [0.29, 0.717) is 18.1 Å². The molecule has 0 N–H and O–H groups in total. The highest BCUT2D eigenvalue weighted by atomic mass is 35.5. The van der Waals surface area contributed by atoms with Crippen LogP contribution < -0.4 is 0 Å². The summed E-state index contributed by atoms with van der Waals surface area (Å²) in [5.41, 5.74) is 2.63. The third-order valence-corrected chi connectivity index (χ3v) is 5.63. The Morgan fingerprint density at radius 2 is 2.05 bits per heavy atom. The van der Waals surface area contributed by atoms with Crippen LogP contribution in [0.2, 0.25) is 5.02 Å².